The number of nitriles is 1. The maximum Gasteiger partial charge on any atom is 0.338 e. The Bertz CT molecular complexity index is 1300. The fourth-order valence-corrected chi connectivity index (χ4v) is 3.66. The molecule has 34 heavy (non-hydrogen) atoms. The van der Waals surface area contributed by atoms with E-state index < -0.39 is 18.5 Å². The highest BCUT2D eigenvalue weighted by Crippen LogP contribution is 2.31. The molecule has 0 bridgehead atoms. The summed E-state index contributed by atoms with van der Waals surface area (Å²) in [5, 5.41) is 15.2. The molecule has 2 aromatic carbocycles. The summed E-state index contributed by atoms with van der Waals surface area (Å²) >= 11 is 0. The van der Waals surface area contributed by atoms with Gasteiger partial charge in [-0.2, -0.15) is 5.26 Å². The van der Waals surface area contributed by atoms with Gasteiger partial charge < -0.3 is 15.4 Å². The molecule has 0 spiro atoms. The van der Waals surface area contributed by atoms with Crippen molar-refractivity contribution in [1.29, 1.82) is 5.26 Å². The molecule has 3 aromatic rings. The minimum absolute atomic E-state index is 0.0414. The second-order valence-corrected chi connectivity index (χ2v) is 8.19. The number of anilines is 2. The number of benzene rings is 2. The first-order valence-electron chi connectivity index (χ1n) is 10.9. The van der Waals surface area contributed by atoms with Crippen molar-refractivity contribution in [3.63, 3.8) is 0 Å². The quantitative estimate of drug-likeness (QED) is 0.520. The number of carbonyl (C=O) groups is 3. The Hall–Kier alpha value is -4.38. The molecule has 1 heterocycles. The third kappa shape index (κ3) is 4.84. The Balaban J connectivity index is 1.45. The highest BCUT2D eigenvalue weighted by Gasteiger charge is 2.29. The fourth-order valence-electron chi connectivity index (χ4n) is 3.66. The van der Waals surface area contributed by atoms with Gasteiger partial charge in [-0.1, -0.05) is 24.3 Å². The topological polar surface area (TPSA) is 113 Å². The van der Waals surface area contributed by atoms with Gasteiger partial charge in [0.25, 0.3) is 5.91 Å². The molecule has 8 heteroatoms. The molecule has 1 fully saturated rings. The summed E-state index contributed by atoms with van der Waals surface area (Å²) in [7, 11) is 0. The van der Waals surface area contributed by atoms with Crippen molar-refractivity contribution in [3.8, 4) is 11.8 Å². The van der Waals surface area contributed by atoms with Crippen LogP contribution in [0, 0.1) is 31.1 Å². The summed E-state index contributed by atoms with van der Waals surface area (Å²) in [6, 6.07) is 17.9. The lowest BCUT2D eigenvalue weighted by Gasteiger charge is -2.13. The predicted octanol–water partition coefficient (Wildman–Crippen LogP) is 4.11. The minimum Gasteiger partial charge on any atom is -0.452 e. The largest absolute Gasteiger partial charge is 0.452 e. The number of carbonyl (C=O) groups excluding carboxylic acids is 3. The number of nitrogens with one attached hydrogen (secondary N) is 2. The van der Waals surface area contributed by atoms with E-state index in [9.17, 15) is 19.6 Å². The Morgan fingerprint density at radius 3 is 2.47 bits per heavy atom. The lowest BCUT2D eigenvalue weighted by molar-refractivity contribution is -0.119. The van der Waals surface area contributed by atoms with E-state index in [1.807, 2.05) is 44.2 Å². The van der Waals surface area contributed by atoms with Crippen LogP contribution in [-0.4, -0.2) is 29.0 Å². The smallest absolute Gasteiger partial charge is 0.338 e. The van der Waals surface area contributed by atoms with Crippen LogP contribution in [0.1, 0.15) is 40.0 Å². The molecule has 172 valence electrons. The molecule has 1 aliphatic carbocycles. The summed E-state index contributed by atoms with van der Waals surface area (Å²) in [6.45, 7) is 3.16. The fraction of sp³-hybridized carbons (Fsp3) is 0.231. The standard InChI is InChI=1S/C26H24N4O4/c1-16-17(2)30(21-9-4-3-5-10-21)24(22(16)14-27)29-23(31)15-34-26(33)19-7-6-8-20(13-19)28-25(32)18-11-12-18/h3-10,13,18H,11-12,15H2,1-2H3,(H,28,32)(H,29,31). The summed E-state index contributed by atoms with van der Waals surface area (Å²) in [4.78, 5) is 37.1. The van der Waals surface area contributed by atoms with Gasteiger partial charge in [0.1, 0.15) is 11.9 Å². The molecule has 2 amide bonds. The van der Waals surface area contributed by atoms with Gasteiger partial charge in [0, 0.05) is 23.0 Å². The number of amides is 2. The van der Waals surface area contributed by atoms with Gasteiger partial charge in [-0.05, 0) is 62.6 Å². The van der Waals surface area contributed by atoms with Gasteiger partial charge in [0.15, 0.2) is 6.61 Å². The summed E-state index contributed by atoms with van der Waals surface area (Å²) in [5.41, 5.74) is 3.44. The zero-order valence-corrected chi connectivity index (χ0v) is 18.9. The van der Waals surface area contributed by atoms with E-state index in [1.165, 1.54) is 6.07 Å². The average Bonchev–Trinajstić information content (AvgIpc) is 3.66. The first-order valence-corrected chi connectivity index (χ1v) is 10.9. The van der Waals surface area contributed by atoms with E-state index in [0.29, 0.717) is 17.1 Å². The SMILES string of the molecule is Cc1c(C#N)c(NC(=O)COC(=O)c2cccc(NC(=O)C3CC3)c2)n(-c2ccccc2)c1C. The number of hydrogen-bond acceptors (Lipinski definition) is 5. The summed E-state index contributed by atoms with van der Waals surface area (Å²) < 4.78 is 6.97. The van der Waals surface area contributed by atoms with Gasteiger partial charge in [-0.15, -0.1) is 0 Å². The van der Waals surface area contributed by atoms with E-state index in [0.717, 1.165) is 29.8 Å². The molecule has 1 aromatic heterocycles. The summed E-state index contributed by atoms with van der Waals surface area (Å²) in [5.74, 6) is -0.957. The second kappa shape index (κ2) is 9.63. The maximum absolute atomic E-state index is 12.6. The Labute approximate surface area is 197 Å². The zero-order chi connectivity index (χ0) is 24.2. The number of hydrogen-bond donors (Lipinski definition) is 2. The van der Waals surface area contributed by atoms with E-state index in [4.69, 9.17) is 4.74 Å². The molecule has 0 saturated heterocycles. The van der Waals surface area contributed by atoms with Crippen LogP contribution in [0.3, 0.4) is 0 Å². The van der Waals surface area contributed by atoms with Crippen LogP contribution in [0.4, 0.5) is 11.5 Å². The minimum atomic E-state index is -0.691. The van der Waals surface area contributed by atoms with Crippen LogP contribution in [0.2, 0.25) is 0 Å². The first kappa shape index (κ1) is 22.8. The molecule has 1 aliphatic rings. The molecular weight excluding hydrogens is 432 g/mol. The van der Waals surface area contributed by atoms with Gasteiger partial charge >= 0.3 is 5.97 Å². The molecule has 4 rings (SSSR count). The van der Waals surface area contributed by atoms with Crippen LogP contribution in [0.5, 0.6) is 0 Å². The third-order valence-corrected chi connectivity index (χ3v) is 5.75. The van der Waals surface area contributed by atoms with Crippen molar-refractivity contribution in [3.05, 3.63) is 77.0 Å². The van der Waals surface area contributed by atoms with E-state index in [2.05, 4.69) is 16.7 Å². The summed E-state index contributed by atoms with van der Waals surface area (Å²) in [6.07, 6.45) is 1.76. The first-order chi connectivity index (χ1) is 16.4. The van der Waals surface area contributed by atoms with Gasteiger partial charge in [-0.25, -0.2) is 4.79 Å². The van der Waals surface area contributed by atoms with E-state index >= 15 is 0 Å². The molecule has 0 radical (unpaired) electrons. The highest BCUT2D eigenvalue weighted by atomic mass is 16.5. The Morgan fingerprint density at radius 2 is 1.79 bits per heavy atom. The Kier molecular flexibility index (Phi) is 6.46. The maximum atomic E-state index is 12.6. The predicted molar refractivity (Wildman–Crippen MR) is 127 cm³/mol. The lowest BCUT2D eigenvalue weighted by Crippen LogP contribution is -2.23. The Morgan fingerprint density at radius 1 is 1.06 bits per heavy atom. The van der Waals surface area contributed by atoms with Gasteiger partial charge in [0.2, 0.25) is 5.91 Å². The number of para-hydroxylation sites is 1. The van der Waals surface area contributed by atoms with Crippen molar-refractivity contribution in [2.75, 3.05) is 17.2 Å². The average molecular weight is 457 g/mol. The molecule has 8 nitrogen and oxygen atoms in total. The number of nitrogens with zero attached hydrogens (tertiary/aromatic N) is 2. The molecule has 2 N–H and O–H groups in total. The van der Waals surface area contributed by atoms with E-state index in [-0.39, 0.29) is 17.4 Å². The monoisotopic (exact) mass is 456 g/mol. The van der Waals surface area contributed by atoms with Crippen molar-refractivity contribution in [2.24, 2.45) is 5.92 Å². The molecule has 0 atom stereocenters. The lowest BCUT2D eigenvalue weighted by atomic mass is 10.2. The van der Waals surface area contributed by atoms with Crippen LogP contribution >= 0.6 is 0 Å². The van der Waals surface area contributed by atoms with Crippen molar-refractivity contribution < 1.29 is 19.1 Å². The van der Waals surface area contributed by atoms with Crippen LogP contribution in [-0.2, 0) is 14.3 Å². The van der Waals surface area contributed by atoms with Crippen LogP contribution in [0.15, 0.2) is 54.6 Å². The van der Waals surface area contributed by atoms with Gasteiger partial charge in [-0.3, -0.25) is 14.2 Å². The number of ether oxygens (including phenoxy) is 1. The number of aromatic nitrogens is 1. The highest BCUT2D eigenvalue weighted by molar-refractivity contribution is 5.98. The van der Waals surface area contributed by atoms with Crippen LogP contribution < -0.4 is 10.6 Å². The van der Waals surface area contributed by atoms with Crippen molar-refractivity contribution >= 4 is 29.3 Å². The third-order valence-electron chi connectivity index (χ3n) is 5.75. The number of rotatable bonds is 7. The molecule has 1 saturated carbocycles. The van der Waals surface area contributed by atoms with Crippen molar-refractivity contribution in [2.45, 2.75) is 26.7 Å². The van der Waals surface area contributed by atoms with Crippen LogP contribution in [0.25, 0.3) is 5.69 Å². The van der Waals surface area contributed by atoms with Crippen molar-refractivity contribution in [1.82, 2.24) is 4.57 Å². The normalized spacial score (nSPS) is 12.5. The van der Waals surface area contributed by atoms with Gasteiger partial charge in [0.05, 0.1) is 11.1 Å². The molecule has 0 aliphatic heterocycles. The zero-order valence-electron chi connectivity index (χ0n) is 18.9. The molecular formula is C26H24N4O4. The number of esters is 1. The second-order valence-electron chi connectivity index (χ2n) is 8.19. The molecule has 0 unspecified atom stereocenters. The van der Waals surface area contributed by atoms with E-state index in [1.54, 1.807) is 22.8 Å².